The number of benzene rings is 8. The topological polar surface area (TPSA) is 22.9 Å². The molecule has 0 bridgehead atoms. The van der Waals surface area contributed by atoms with Crippen LogP contribution >= 0.6 is 11.3 Å². The first-order valence-corrected chi connectivity index (χ1v) is 27.1. The van der Waals surface area contributed by atoms with Gasteiger partial charge in [-0.2, -0.15) is 0 Å². The van der Waals surface area contributed by atoms with Crippen molar-refractivity contribution in [1.29, 1.82) is 0 Å². The van der Waals surface area contributed by atoms with E-state index in [1.807, 2.05) is 11.3 Å². The Kier molecular flexibility index (Phi) is 9.11. The molecule has 14 rings (SSSR count). The molecule has 2 unspecified atom stereocenters. The van der Waals surface area contributed by atoms with E-state index >= 15 is 0 Å². The summed E-state index contributed by atoms with van der Waals surface area (Å²) in [6, 6.07) is 56.2. The van der Waals surface area contributed by atoms with Crippen molar-refractivity contribution >= 4 is 122 Å². The number of furan rings is 1. The highest BCUT2D eigenvalue weighted by Crippen LogP contribution is 2.63. The minimum absolute atomic E-state index is 0.0259. The molecule has 4 aliphatic rings. The average molecular weight is 956 g/mol. The van der Waals surface area contributed by atoms with Crippen LogP contribution in [-0.4, -0.2) is 12.3 Å². The fraction of sp³-hybridized carbons (Fsp3) is 0.273. The van der Waals surface area contributed by atoms with E-state index in [-0.39, 0.29) is 28.5 Å². The van der Waals surface area contributed by atoms with E-state index in [0.29, 0.717) is 0 Å². The van der Waals surface area contributed by atoms with Crippen LogP contribution in [0.3, 0.4) is 0 Å². The maximum atomic E-state index is 7.06. The van der Waals surface area contributed by atoms with Crippen LogP contribution in [0.5, 0.6) is 0 Å². The van der Waals surface area contributed by atoms with Gasteiger partial charge < -0.3 is 19.1 Å². The Hall–Kier alpha value is -6.76. The van der Waals surface area contributed by atoms with Gasteiger partial charge in [-0.15, -0.1) is 11.3 Å². The molecule has 1 fully saturated rings. The van der Waals surface area contributed by atoms with Gasteiger partial charge in [0.15, 0.2) is 5.58 Å². The van der Waals surface area contributed by atoms with E-state index in [2.05, 4.69) is 230 Å². The van der Waals surface area contributed by atoms with E-state index in [9.17, 15) is 0 Å². The highest BCUT2D eigenvalue weighted by Gasteiger charge is 2.59. The van der Waals surface area contributed by atoms with Gasteiger partial charge in [0.05, 0.1) is 21.6 Å². The van der Waals surface area contributed by atoms with Gasteiger partial charge in [-0.3, -0.25) is 0 Å². The van der Waals surface area contributed by atoms with Crippen molar-refractivity contribution in [3.05, 3.63) is 173 Å². The predicted octanol–water partition coefficient (Wildman–Crippen LogP) is 17.0. The second-order valence-electron chi connectivity index (χ2n) is 24.2. The van der Waals surface area contributed by atoms with Crippen molar-refractivity contribution in [3.63, 3.8) is 0 Å². The lowest BCUT2D eigenvalue weighted by Crippen LogP contribution is -2.62. The molecule has 0 N–H and O–H groups in total. The molecule has 4 nitrogen and oxygen atoms in total. The molecule has 1 aliphatic carbocycles. The summed E-state index contributed by atoms with van der Waals surface area (Å²) in [5.74, 6) is 0. The molecule has 3 aliphatic heterocycles. The second kappa shape index (κ2) is 14.9. The molecule has 356 valence electrons. The summed E-state index contributed by atoms with van der Waals surface area (Å²) >= 11 is 1.92. The molecule has 0 spiro atoms. The fourth-order valence-corrected chi connectivity index (χ4v) is 15.4. The fourth-order valence-electron chi connectivity index (χ4n) is 14.2. The molecule has 2 aromatic heterocycles. The molecular formula is C66H62BN3OS. The molecule has 5 heterocycles. The van der Waals surface area contributed by atoms with Gasteiger partial charge in [0.2, 0.25) is 0 Å². The third kappa shape index (κ3) is 5.93. The smallest absolute Gasteiger partial charge is 0.252 e. The summed E-state index contributed by atoms with van der Waals surface area (Å²) in [6.45, 7) is 23.9. The number of thiophene rings is 1. The molecule has 10 aromatic rings. The highest BCUT2D eigenvalue weighted by molar-refractivity contribution is 7.26. The molecule has 0 saturated heterocycles. The first-order valence-electron chi connectivity index (χ1n) is 26.3. The van der Waals surface area contributed by atoms with Crippen molar-refractivity contribution in [2.75, 3.05) is 14.7 Å². The molecular weight excluding hydrogens is 894 g/mol. The van der Waals surface area contributed by atoms with Gasteiger partial charge in [-0.1, -0.05) is 152 Å². The number of hydrogen-bond acceptors (Lipinski definition) is 5. The summed E-state index contributed by atoms with van der Waals surface area (Å²) in [5.41, 5.74) is 22.2. The molecule has 0 amide bonds. The number of aryl methyl sites for hydroxylation is 2. The summed E-state index contributed by atoms with van der Waals surface area (Å²) < 4.78 is 9.68. The van der Waals surface area contributed by atoms with Crippen molar-refractivity contribution in [1.82, 2.24) is 0 Å². The standard InChI is InChI=1S/C66H62BN3OS/c1-39-33-40(2)59-54(34-39)70(66(10)32-16-15-31-65(59,66)9)43-37-55-60-56(38-43)69(53-24-18-22-47-45-20-12-14-26-58(45)72-62(47)53)51-30-28-42(64(6,7)8)36-49(51)67(60)48-35-41(63(3,4)5)27-29-50(48)68(55)52-23-17-21-46-44-19-11-13-25-57(44)71-61(46)52/h11-14,17-30,33-38H,15-16,31-32H2,1-10H3. The summed E-state index contributed by atoms with van der Waals surface area (Å²) in [5, 5.41) is 4.88. The third-order valence-corrected chi connectivity index (χ3v) is 19.0. The zero-order valence-electron chi connectivity index (χ0n) is 43.4. The Morgan fingerprint density at radius 3 is 1.83 bits per heavy atom. The maximum Gasteiger partial charge on any atom is 0.252 e. The van der Waals surface area contributed by atoms with Gasteiger partial charge in [0, 0.05) is 65.8 Å². The maximum absolute atomic E-state index is 7.06. The van der Waals surface area contributed by atoms with Crippen LogP contribution in [0.2, 0.25) is 0 Å². The van der Waals surface area contributed by atoms with Crippen LogP contribution in [0.15, 0.2) is 150 Å². The van der Waals surface area contributed by atoms with Crippen LogP contribution in [0.25, 0.3) is 42.1 Å². The van der Waals surface area contributed by atoms with Gasteiger partial charge in [-0.25, -0.2) is 0 Å². The van der Waals surface area contributed by atoms with Crippen molar-refractivity contribution in [2.24, 2.45) is 0 Å². The Morgan fingerprint density at radius 2 is 1.14 bits per heavy atom. The van der Waals surface area contributed by atoms with Crippen molar-refractivity contribution < 1.29 is 4.42 Å². The zero-order valence-corrected chi connectivity index (χ0v) is 44.2. The predicted molar refractivity (Wildman–Crippen MR) is 310 cm³/mol. The number of anilines is 8. The molecule has 2 atom stereocenters. The van der Waals surface area contributed by atoms with Crippen molar-refractivity contribution in [3.8, 4) is 0 Å². The lowest BCUT2D eigenvalue weighted by Gasteiger charge is -2.51. The average Bonchev–Trinajstić information content (AvgIpc) is 3.99. The van der Waals surface area contributed by atoms with Crippen LogP contribution in [0.1, 0.15) is 109 Å². The summed E-state index contributed by atoms with van der Waals surface area (Å²) in [4.78, 5) is 8.10. The Labute approximate surface area is 429 Å². The third-order valence-electron chi connectivity index (χ3n) is 17.8. The van der Waals surface area contributed by atoms with Gasteiger partial charge in [-0.05, 0) is 143 Å². The van der Waals surface area contributed by atoms with Crippen LogP contribution < -0.4 is 31.1 Å². The van der Waals surface area contributed by atoms with Gasteiger partial charge in [0.1, 0.15) is 5.58 Å². The molecule has 8 aromatic carbocycles. The largest absolute Gasteiger partial charge is 0.454 e. The quantitative estimate of drug-likeness (QED) is 0.165. The van der Waals surface area contributed by atoms with E-state index in [1.165, 1.54) is 123 Å². The van der Waals surface area contributed by atoms with Crippen LogP contribution in [0, 0.1) is 13.8 Å². The Balaban J connectivity index is 1.16. The molecule has 0 radical (unpaired) electrons. The number of rotatable bonds is 3. The number of para-hydroxylation sites is 2. The highest BCUT2D eigenvalue weighted by atomic mass is 32.1. The van der Waals surface area contributed by atoms with E-state index in [4.69, 9.17) is 4.42 Å². The molecule has 1 saturated carbocycles. The number of hydrogen-bond donors (Lipinski definition) is 0. The zero-order chi connectivity index (χ0) is 49.4. The second-order valence-corrected chi connectivity index (χ2v) is 25.2. The van der Waals surface area contributed by atoms with E-state index in [0.717, 1.165) is 34.0 Å². The minimum atomic E-state index is -0.158. The normalized spacial score (nSPS) is 19.3. The number of nitrogens with zero attached hydrogens (tertiary/aromatic N) is 3. The lowest BCUT2D eigenvalue weighted by atomic mass is 9.33. The molecule has 6 heteroatoms. The van der Waals surface area contributed by atoms with Gasteiger partial charge >= 0.3 is 0 Å². The first kappa shape index (κ1) is 44.0. The SMILES string of the molecule is Cc1cc(C)c2c(c1)N(c1cc3c4c(c1)N(c1cccc5c1sc1ccccc15)c1ccc(C(C)(C)C)cc1B4c1cc(C(C)(C)C)ccc1N3c1cccc3c1oc1ccccc13)C1(C)CCCCC21C. The Morgan fingerprint density at radius 1 is 0.542 bits per heavy atom. The monoisotopic (exact) mass is 955 g/mol. The van der Waals surface area contributed by atoms with E-state index < -0.39 is 0 Å². The molecule has 72 heavy (non-hydrogen) atoms. The Bertz CT molecular complexity index is 3750. The summed E-state index contributed by atoms with van der Waals surface area (Å²) in [6.07, 6.45) is 4.74. The van der Waals surface area contributed by atoms with Gasteiger partial charge in [0.25, 0.3) is 6.71 Å². The van der Waals surface area contributed by atoms with E-state index in [1.54, 1.807) is 0 Å². The minimum Gasteiger partial charge on any atom is -0.454 e. The first-order chi connectivity index (χ1) is 34.5. The van der Waals surface area contributed by atoms with Crippen LogP contribution in [-0.2, 0) is 16.2 Å². The van der Waals surface area contributed by atoms with Crippen LogP contribution in [0.4, 0.5) is 45.5 Å². The number of fused-ring (bicyclic) bond motifs is 13. The lowest BCUT2D eigenvalue weighted by molar-refractivity contribution is 0.194. The van der Waals surface area contributed by atoms with Crippen molar-refractivity contribution in [2.45, 2.75) is 117 Å². The summed E-state index contributed by atoms with van der Waals surface area (Å²) in [7, 11) is 0.